The van der Waals surface area contributed by atoms with Gasteiger partial charge in [-0.3, -0.25) is 4.79 Å². The van der Waals surface area contributed by atoms with Crippen LogP contribution >= 0.6 is 11.6 Å². The minimum atomic E-state index is -0.115. The van der Waals surface area contributed by atoms with Crippen LogP contribution < -0.4 is 14.8 Å². The number of anilines is 1. The van der Waals surface area contributed by atoms with Crippen molar-refractivity contribution in [3.05, 3.63) is 83.9 Å². The number of benzene rings is 3. The van der Waals surface area contributed by atoms with Crippen molar-refractivity contribution in [1.29, 1.82) is 0 Å². The summed E-state index contributed by atoms with van der Waals surface area (Å²) in [4.78, 5) is 12.0. The third-order valence-electron chi connectivity index (χ3n) is 3.53. The molecule has 26 heavy (non-hydrogen) atoms. The lowest BCUT2D eigenvalue weighted by atomic mass is 10.3. The SMILES string of the molecule is O=C(CCOc1ccc(Cl)cc1)Nc1ccc(Oc2ccccc2)cc1. The van der Waals surface area contributed by atoms with Gasteiger partial charge in [-0.2, -0.15) is 0 Å². The quantitative estimate of drug-likeness (QED) is 0.596. The molecule has 0 atom stereocenters. The molecule has 0 aliphatic heterocycles. The molecule has 1 amide bonds. The van der Waals surface area contributed by atoms with Crippen molar-refractivity contribution < 1.29 is 14.3 Å². The summed E-state index contributed by atoms with van der Waals surface area (Å²) in [6, 6.07) is 23.8. The van der Waals surface area contributed by atoms with Gasteiger partial charge in [0.05, 0.1) is 13.0 Å². The van der Waals surface area contributed by atoms with Crippen LogP contribution in [0.5, 0.6) is 17.2 Å². The van der Waals surface area contributed by atoms with Gasteiger partial charge in [0.15, 0.2) is 0 Å². The lowest BCUT2D eigenvalue weighted by molar-refractivity contribution is -0.116. The van der Waals surface area contributed by atoms with Gasteiger partial charge in [-0.15, -0.1) is 0 Å². The van der Waals surface area contributed by atoms with Crippen LogP contribution in [0.25, 0.3) is 0 Å². The van der Waals surface area contributed by atoms with Gasteiger partial charge in [0, 0.05) is 10.7 Å². The average molecular weight is 368 g/mol. The Labute approximate surface area is 157 Å². The zero-order valence-electron chi connectivity index (χ0n) is 14.0. The molecule has 132 valence electrons. The number of hydrogen-bond donors (Lipinski definition) is 1. The first-order valence-corrected chi connectivity index (χ1v) is 8.58. The molecule has 0 aromatic heterocycles. The molecule has 0 fully saturated rings. The van der Waals surface area contributed by atoms with Crippen LogP contribution in [0.4, 0.5) is 5.69 Å². The number of amides is 1. The summed E-state index contributed by atoms with van der Waals surface area (Å²) < 4.78 is 11.2. The summed E-state index contributed by atoms with van der Waals surface area (Å²) in [5.74, 6) is 2.05. The molecule has 0 saturated heterocycles. The first kappa shape index (κ1) is 17.8. The van der Waals surface area contributed by atoms with E-state index in [4.69, 9.17) is 21.1 Å². The van der Waals surface area contributed by atoms with Crippen LogP contribution in [0, 0.1) is 0 Å². The molecule has 0 bridgehead atoms. The van der Waals surface area contributed by atoms with E-state index in [2.05, 4.69) is 5.32 Å². The third kappa shape index (κ3) is 5.53. The lowest BCUT2D eigenvalue weighted by Crippen LogP contribution is -2.15. The van der Waals surface area contributed by atoms with Gasteiger partial charge in [-0.1, -0.05) is 29.8 Å². The first-order valence-electron chi connectivity index (χ1n) is 8.20. The van der Waals surface area contributed by atoms with E-state index < -0.39 is 0 Å². The van der Waals surface area contributed by atoms with Crippen molar-refractivity contribution in [1.82, 2.24) is 0 Å². The maximum atomic E-state index is 12.0. The topological polar surface area (TPSA) is 47.6 Å². The van der Waals surface area contributed by atoms with Gasteiger partial charge < -0.3 is 14.8 Å². The molecule has 0 aliphatic carbocycles. The standard InChI is InChI=1S/C21H18ClNO3/c22-16-6-10-18(11-7-16)25-15-14-21(24)23-17-8-12-20(13-9-17)26-19-4-2-1-3-5-19/h1-13H,14-15H2,(H,23,24). The summed E-state index contributed by atoms with van der Waals surface area (Å²) in [5, 5.41) is 3.48. The smallest absolute Gasteiger partial charge is 0.227 e. The fourth-order valence-corrected chi connectivity index (χ4v) is 2.37. The van der Waals surface area contributed by atoms with E-state index in [-0.39, 0.29) is 12.3 Å². The molecule has 4 nitrogen and oxygen atoms in total. The summed E-state index contributed by atoms with van der Waals surface area (Å²) in [6.45, 7) is 0.294. The largest absolute Gasteiger partial charge is 0.493 e. The normalized spacial score (nSPS) is 10.2. The highest BCUT2D eigenvalue weighted by atomic mass is 35.5. The number of rotatable bonds is 7. The van der Waals surface area contributed by atoms with Crippen molar-refractivity contribution in [2.75, 3.05) is 11.9 Å². The number of para-hydroxylation sites is 1. The van der Waals surface area contributed by atoms with Crippen molar-refractivity contribution in [3.63, 3.8) is 0 Å². The Balaban J connectivity index is 1.44. The Bertz CT molecular complexity index is 833. The second-order valence-corrected chi connectivity index (χ2v) is 5.98. The van der Waals surface area contributed by atoms with Crippen LogP contribution in [0.3, 0.4) is 0 Å². The third-order valence-corrected chi connectivity index (χ3v) is 3.78. The molecule has 0 spiro atoms. The van der Waals surface area contributed by atoms with Gasteiger partial charge in [-0.05, 0) is 60.7 Å². The second kappa shape index (κ2) is 8.92. The van der Waals surface area contributed by atoms with E-state index in [9.17, 15) is 4.79 Å². The fourth-order valence-electron chi connectivity index (χ4n) is 2.25. The lowest BCUT2D eigenvalue weighted by Gasteiger charge is -2.09. The van der Waals surface area contributed by atoms with Gasteiger partial charge in [0.2, 0.25) is 5.91 Å². The van der Waals surface area contributed by atoms with Crippen LogP contribution in [0.15, 0.2) is 78.9 Å². The van der Waals surface area contributed by atoms with E-state index in [1.54, 1.807) is 36.4 Å². The predicted molar refractivity (Wildman–Crippen MR) is 103 cm³/mol. The Hall–Kier alpha value is -2.98. The monoisotopic (exact) mass is 367 g/mol. The molecule has 0 unspecified atom stereocenters. The molecular formula is C21H18ClNO3. The van der Waals surface area contributed by atoms with Crippen molar-refractivity contribution in [2.45, 2.75) is 6.42 Å². The molecule has 1 N–H and O–H groups in total. The molecular weight excluding hydrogens is 350 g/mol. The maximum absolute atomic E-state index is 12.0. The summed E-state index contributed by atoms with van der Waals surface area (Å²) in [7, 11) is 0. The summed E-state index contributed by atoms with van der Waals surface area (Å²) >= 11 is 5.81. The van der Waals surface area contributed by atoms with E-state index in [1.165, 1.54) is 0 Å². The number of carbonyl (C=O) groups is 1. The molecule has 5 heteroatoms. The van der Waals surface area contributed by atoms with Gasteiger partial charge >= 0.3 is 0 Å². The molecule has 3 rings (SSSR count). The second-order valence-electron chi connectivity index (χ2n) is 5.54. The maximum Gasteiger partial charge on any atom is 0.227 e. The van der Waals surface area contributed by atoms with Crippen LogP contribution in [-0.2, 0) is 4.79 Å². The summed E-state index contributed by atoms with van der Waals surface area (Å²) in [6.07, 6.45) is 0.255. The van der Waals surface area contributed by atoms with Crippen LogP contribution in [-0.4, -0.2) is 12.5 Å². The zero-order valence-corrected chi connectivity index (χ0v) is 14.8. The minimum absolute atomic E-state index is 0.115. The average Bonchev–Trinajstić information content (AvgIpc) is 2.66. The number of carbonyl (C=O) groups excluding carboxylic acids is 1. The molecule has 0 saturated carbocycles. The summed E-state index contributed by atoms with van der Waals surface area (Å²) in [5.41, 5.74) is 0.710. The van der Waals surface area contributed by atoms with Gasteiger partial charge in [-0.25, -0.2) is 0 Å². The number of ether oxygens (including phenoxy) is 2. The Morgan fingerprint density at radius 1 is 0.808 bits per heavy atom. The number of hydrogen-bond acceptors (Lipinski definition) is 3. The van der Waals surface area contributed by atoms with E-state index in [1.807, 2.05) is 42.5 Å². The van der Waals surface area contributed by atoms with Crippen molar-refractivity contribution in [2.24, 2.45) is 0 Å². The number of nitrogens with one attached hydrogen (secondary N) is 1. The fraction of sp³-hybridized carbons (Fsp3) is 0.0952. The molecule has 0 heterocycles. The number of halogens is 1. The van der Waals surface area contributed by atoms with Gasteiger partial charge in [0.25, 0.3) is 0 Å². The van der Waals surface area contributed by atoms with Gasteiger partial charge in [0.1, 0.15) is 17.2 Å². The Morgan fingerprint density at radius 2 is 1.42 bits per heavy atom. The molecule has 3 aromatic rings. The van der Waals surface area contributed by atoms with Crippen LogP contribution in [0.2, 0.25) is 5.02 Å². The van der Waals surface area contributed by atoms with E-state index in [0.29, 0.717) is 28.8 Å². The minimum Gasteiger partial charge on any atom is -0.493 e. The zero-order chi connectivity index (χ0) is 18.2. The van der Waals surface area contributed by atoms with Crippen molar-refractivity contribution in [3.8, 4) is 17.2 Å². The van der Waals surface area contributed by atoms with Crippen molar-refractivity contribution >= 4 is 23.2 Å². The van der Waals surface area contributed by atoms with E-state index >= 15 is 0 Å². The van der Waals surface area contributed by atoms with E-state index in [0.717, 1.165) is 5.75 Å². The Morgan fingerprint density at radius 3 is 2.12 bits per heavy atom. The highest BCUT2D eigenvalue weighted by Crippen LogP contribution is 2.22. The molecule has 0 aliphatic rings. The first-order chi connectivity index (χ1) is 12.7. The highest BCUT2D eigenvalue weighted by Gasteiger charge is 2.04. The highest BCUT2D eigenvalue weighted by molar-refractivity contribution is 6.30. The Kier molecular flexibility index (Phi) is 6.12. The van der Waals surface area contributed by atoms with Crippen LogP contribution in [0.1, 0.15) is 6.42 Å². The predicted octanol–water partition coefficient (Wildman–Crippen LogP) is 5.54. The molecule has 0 radical (unpaired) electrons. The molecule has 3 aromatic carbocycles.